The van der Waals surface area contributed by atoms with E-state index in [2.05, 4.69) is 29.4 Å². The fraction of sp³-hybridized carbons (Fsp3) is 0.938. The van der Waals surface area contributed by atoms with Crippen molar-refractivity contribution in [3.8, 4) is 0 Å². The first-order valence-electron chi connectivity index (χ1n) is 8.59. The van der Waals surface area contributed by atoms with Crippen molar-refractivity contribution in [2.45, 2.75) is 51.6 Å². The van der Waals surface area contributed by atoms with Crippen LogP contribution in [0.4, 0.5) is 0 Å². The van der Waals surface area contributed by atoms with E-state index in [-0.39, 0.29) is 11.9 Å². The van der Waals surface area contributed by atoms with E-state index in [1.165, 1.54) is 0 Å². The second-order valence-corrected chi connectivity index (χ2v) is 6.20. The number of nitrogens with zero attached hydrogens (tertiary/aromatic N) is 1. The van der Waals surface area contributed by atoms with Crippen LogP contribution in [0.2, 0.25) is 0 Å². The summed E-state index contributed by atoms with van der Waals surface area (Å²) < 4.78 is 5.44. The minimum atomic E-state index is 0.0128. The van der Waals surface area contributed by atoms with Gasteiger partial charge in [-0.2, -0.15) is 0 Å². The average molecular weight is 297 g/mol. The van der Waals surface area contributed by atoms with Gasteiger partial charge >= 0.3 is 0 Å². The molecule has 0 aliphatic carbocycles. The molecular formula is C16H31N3O2. The van der Waals surface area contributed by atoms with E-state index in [0.29, 0.717) is 12.0 Å². The number of rotatable bonds is 6. The largest absolute Gasteiger partial charge is 0.379 e. The van der Waals surface area contributed by atoms with Gasteiger partial charge in [-0.05, 0) is 31.8 Å². The Morgan fingerprint density at radius 3 is 2.43 bits per heavy atom. The molecule has 2 aliphatic heterocycles. The lowest BCUT2D eigenvalue weighted by molar-refractivity contribution is -0.131. The van der Waals surface area contributed by atoms with Gasteiger partial charge in [0.05, 0.1) is 19.3 Å². The molecular weight excluding hydrogens is 266 g/mol. The zero-order chi connectivity index (χ0) is 15.1. The highest BCUT2D eigenvalue weighted by molar-refractivity contribution is 5.82. The van der Waals surface area contributed by atoms with Gasteiger partial charge in [0, 0.05) is 19.1 Å². The molecule has 21 heavy (non-hydrogen) atoms. The third-order valence-corrected chi connectivity index (χ3v) is 4.89. The third kappa shape index (κ3) is 4.66. The van der Waals surface area contributed by atoms with Crippen LogP contribution in [0, 0.1) is 5.92 Å². The fourth-order valence-electron chi connectivity index (χ4n) is 3.52. The molecule has 1 amide bonds. The normalized spacial score (nSPS) is 23.2. The van der Waals surface area contributed by atoms with Crippen molar-refractivity contribution in [3.05, 3.63) is 0 Å². The summed E-state index contributed by atoms with van der Waals surface area (Å²) in [4.78, 5) is 15.2. The molecule has 2 aliphatic rings. The van der Waals surface area contributed by atoms with E-state index in [9.17, 15) is 4.79 Å². The number of nitrogens with one attached hydrogen (secondary N) is 2. The van der Waals surface area contributed by atoms with Gasteiger partial charge < -0.3 is 15.4 Å². The Hall–Kier alpha value is -0.650. The first-order chi connectivity index (χ1) is 10.3. The summed E-state index contributed by atoms with van der Waals surface area (Å²) in [5.41, 5.74) is 0. The minimum absolute atomic E-state index is 0.0128. The highest BCUT2D eigenvalue weighted by Crippen LogP contribution is 2.21. The molecule has 1 atom stereocenters. The molecule has 0 spiro atoms. The molecule has 122 valence electrons. The van der Waals surface area contributed by atoms with Gasteiger partial charge in [0.1, 0.15) is 0 Å². The average Bonchev–Trinajstić information content (AvgIpc) is 2.54. The van der Waals surface area contributed by atoms with Crippen LogP contribution in [0.1, 0.15) is 39.5 Å². The summed E-state index contributed by atoms with van der Waals surface area (Å²) in [7, 11) is 0. The number of piperidine rings is 1. The Kier molecular flexibility index (Phi) is 6.93. The SMILES string of the molecule is CCC(CC)C(C(=O)NC1CCNCC1)N1CCOCC1. The molecule has 0 saturated carbocycles. The Morgan fingerprint density at radius 1 is 1.24 bits per heavy atom. The van der Waals surface area contributed by atoms with Crippen LogP contribution in [0.5, 0.6) is 0 Å². The highest BCUT2D eigenvalue weighted by Gasteiger charge is 2.33. The van der Waals surface area contributed by atoms with Crippen molar-refractivity contribution in [1.82, 2.24) is 15.5 Å². The van der Waals surface area contributed by atoms with Crippen molar-refractivity contribution in [1.29, 1.82) is 0 Å². The molecule has 2 rings (SSSR count). The highest BCUT2D eigenvalue weighted by atomic mass is 16.5. The van der Waals surface area contributed by atoms with E-state index in [0.717, 1.165) is 65.1 Å². The van der Waals surface area contributed by atoms with Gasteiger partial charge in [-0.15, -0.1) is 0 Å². The predicted octanol–water partition coefficient (Wildman–Crippen LogP) is 0.992. The van der Waals surface area contributed by atoms with Gasteiger partial charge in [0.15, 0.2) is 0 Å². The summed E-state index contributed by atoms with van der Waals surface area (Å²) in [6, 6.07) is 0.357. The van der Waals surface area contributed by atoms with Gasteiger partial charge in [-0.1, -0.05) is 26.7 Å². The third-order valence-electron chi connectivity index (χ3n) is 4.89. The Balaban J connectivity index is 1.99. The van der Waals surface area contributed by atoms with Crippen molar-refractivity contribution >= 4 is 5.91 Å². The van der Waals surface area contributed by atoms with Crippen molar-refractivity contribution in [3.63, 3.8) is 0 Å². The van der Waals surface area contributed by atoms with Crippen molar-refractivity contribution in [2.24, 2.45) is 5.92 Å². The lowest BCUT2D eigenvalue weighted by atomic mass is 9.91. The first-order valence-corrected chi connectivity index (χ1v) is 8.59. The Morgan fingerprint density at radius 2 is 1.86 bits per heavy atom. The summed E-state index contributed by atoms with van der Waals surface area (Å²) >= 11 is 0. The molecule has 2 heterocycles. The predicted molar refractivity (Wildman–Crippen MR) is 84.3 cm³/mol. The number of hydrogen-bond donors (Lipinski definition) is 2. The lowest BCUT2D eigenvalue weighted by Crippen LogP contribution is -2.56. The van der Waals surface area contributed by atoms with Gasteiger partial charge in [0.2, 0.25) is 5.91 Å². The molecule has 0 aromatic carbocycles. The topological polar surface area (TPSA) is 53.6 Å². The summed E-state index contributed by atoms with van der Waals surface area (Å²) in [5, 5.41) is 6.65. The molecule has 2 N–H and O–H groups in total. The minimum Gasteiger partial charge on any atom is -0.379 e. The number of carbonyl (C=O) groups excluding carboxylic acids is 1. The van der Waals surface area contributed by atoms with Crippen LogP contribution in [-0.2, 0) is 9.53 Å². The number of hydrogen-bond acceptors (Lipinski definition) is 4. The van der Waals surface area contributed by atoms with Crippen LogP contribution in [0.25, 0.3) is 0 Å². The Bertz CT molecular complexity index is 309. The van der Waals surface area contributed by atoms with Crippen LogP contribution in [0.3, 0.4) is 0 Å². The van der Waals surface area contributed by atoms with E-state index in [4.69, 9.17) is 4.74 Å². The van der Waals surface area contributed by atoms with Gasteiger partial charge in [-0.3, -0.25) is 9.69 Å². The quantitative estimate of drug-likeness (QED) is 0.768. The molecule has 0 aromatic rings. The standard InChI is InChI=1S/C16H31N3O2/c1-3-13(4-2)15(19-9-11-21-12-10-19)16(20)18-14-5-7-17-8-6-14/h13-15,17H,3-12H2,1-2H3,(H,18,20). The number of carbonyl (C=O) groups is 1. The maximum atomic E-state index is 12.9. The second kappa shape index (κ2) is 8.71. The van der Waals surface area contributed by atoms with Crippen LogP contribution in [-0.4, -0.2) is 62.3 Å². The molecule has 0 radical (unpaired) electrons. The van der Waals surface area contributed by atoms with Crippen molar-refractivity contribution in [2.75, 3.05) is 39.4 Å². The molecule has 1 unspecified atom stereocenters. The smallest absolute Gasteiger partial charge is 0.237 e. The summed E-state index contributed by atoms with van der Waals surface area (Å²) in [6.07, 6.45) is 4.20. The zero-order valence-corrected chi connectivity index (χ0v) is 13.6. The van der Waals surface area contributed by atoms with E-state index in [1.54, 1.807) is 0 Å². The molecule has 0 aromatic heterocycles. The molecule has 0 bridgehead atoms. The van der Waals surface area contributed by atoms with Gasteiger partial charge in [0.25, 0.3) is 0 Å². The molecule has 2 saturated heterocycles. The van der Waals surface area contributed by atoms with Crippen LogP contribution >= 0.6 is 0 Å². The molecule has 5 nitrogen and oxygen atoms in total. The summed E-state index contributed by atoms with van der Waals surface area (Å²) in [5.74, 6) is 0.669. The summed E-state index contributed by atoms with van der Waals surface area (Å²) in [6.45, 7) is 9.66. The van der Waals surface area contributed by atoms with Crippen LogP contribution in [0.15, 0.2) is 0 Å². The lowest BCUT2D eigenvalue weighted by Gasteiger charge is -2.38. The van der Waals surface area contributed by atoms with E-state index >= 15 is 0 Å². The molecule has 5 heteroatoms. The monoisotopic (exact) mass is 297 g/mol. The fourth-order valence-corrected chi connectivity index (χ4v) is 3.52. The zero-order valence-electron chi connectivity index (χ0n) is 13.6. The number of amides is 1. The molecule has 2 fully saturated rings. The van der Waals surface area contributed by atoms with Gasteiger partial charge in [-0.25, -0.2) is 0 Å². The number of ether oxygens (including phenoxy) is 1. The number of morpholine rings is 1. The maximum absolute atomic E-state index is 12.9. The second-order valence-electron chi connectivity index (χ2n) is 6.20. The first kappa shape index (κ1) is 16.7. The Labute approximate surface area is 128 Å². The van der Waals surface area contributed by atoms with E-state index < -0.39 is 0 Å². The maximum Gasteiger partial charge on any atom is 0.237 e. The van der Waals surface area contributed by atoms with Crippen LogP contribution < -0.4 is 10.6 Å². The van der Waals surface area contributed by atoms with Crippen molar-refractivity contribution < 1.29 is 9.53 Å². The van der Waals surface area contributed by atoms with E-state index in [1.807, 2.05) is 0 Å².